The van der Waals surface area contributed by atoms with Gasteiger partial charge in [-0.2, -0.15) is 0 Å². The molecular weight excluding hydrogens is 242 g/mol. The van der Waals surface area contributed by atoms with E-state index in [0.29, 0.717) is 6.54 Å². The molecule has 1 N–H and O–H groups in total. The molecule has 0 saturated carbocycles. The largest absolute Gasteiger partial charge is 0.395 e. The number of benzene rings is 1. The molecule has 1 aromatic carbocycles. The molecule has 0 spiro atoms. The lowest BCUT2D eigenvalue weighted by Gasteiger charge is -2.10. The molecule has 2 rings (SSSR count). The van der Waals surface area contributed by atoms with E-state index in [1.807, 2.05) is 12.1 Å². The highest BCUT2D eigenvalue weighted by atomic mass is 32.2. The molecule has 18 heavy (non-hydrogen) atoms. The molecule has 0 saturated heterocycles. The number of thioether (sulfide) groups is 1. The Labute approximate surface area is 112 Å². The van der Waals surface area contributed by atoms with Crippen LogP contribution in [0.1, 0.15) is 5.69 Å². The summed E-state index contributed by atoms with van der Waals surface area (Å²) in [6, 6.07) is 12.6. The Morgan fingerprint density at radius 2 is 1.94 bits per heavy atom. The molecule has 1 heterocycles. The van der Waals surface area contributed by atoms with Crippen LogP contribution in [-0.2, 0) is 6.54 Å². The van der Waals surface area contributed by atoms with Crippen molar-refractivity contribution in [3.05, 3.63) is 48.7 Å². The number of aliphatic hydroxyl groups excluding tert-OH is 1. The number of rotatable bonds is 5. The SMILES string of the molecule is C=Cc1ccc(-c2ccc(SC)cc2)n1CCO. The fourth-order valence-electron chi connectivity index (χ4n) is 2.02. The zero-order valence-electron chi connectivity index (χ0n) is 10.5. The van der Waals surface area contributed by atoms with Gasteiger partial charge in [0.05, 0.1) is 6.61 Å². The van der Waals surface area contributed by atoms with E-state index >= 15 is 0 Å². The third-order valence-electron chi connectivity index (χ3n) is 2.93. The maximum Gasteiger partial charge on any atom is 0.0610 e. The summed E-state index contributed by atoms with van der Waals surface area (Å²) in [6.45, 7) is 4.52. The van der Waals surface area contributed by atoms with Gasteiger partial charge in [-0.15, -0.1) is 11.8 Å². The van der Waals surface area contributed by atoms with Gasteiger partial charge in [-0.05, 0) is 42.2 Å². The summed E-state index contributed by atoms with van der Waals surface area (Å²) in [7, 11) is 0. The van der Waals surface area contributed by atoms with Gasteiger partial charge >= 0.3 is 0 Å². The van der Waals surface area contributed by atoms with Crippen LogP contribution in [0.3, 0.4) is 0 Å². The second-order valence-electron chi connectivity index (χ2n) is 3.95. The highest BCUT2D eigenvalue weighted by Gasteiger charge is 2.07. The first-order valence-corrected chi connectivity index (χ1v) is 7.10. The average molecular weight is 259 g/mol. The van der Waals surface area contributed by atoms with Crippen molar-refractivity contribution in [2.75, 3.05) is 12.9 Å². The van der Waals surface area contributed by atoms with Crippen molar-refractivity contribution in [1.29, 1.82) is 0 Å². The smallest absolute Gasteiger partial charge is 0.0610 e. The Morgan fingerprint density at radius 1 is 1.22 bits per heavy atom. The highest BCUT2D eigenvalue weighted by molar-refractivity contribution is 7.98. The predicted octanol–water partition coefficient (Wildman–Crippen LogP) is 3.51. The summed E-state index contributed by atoms with van der Waals surface area (Å²) < 4.78 is 2.08. The van der Waals surface area contributed by atoms with Crippen LogP contribution in [0.4, 0.5) is 0 Å². The molecule has 2 nitrogen and oxygen atoms in total. The van der Waals surface area contributed by atoms with Gasteiger partial charge in [0.15, 0.2) is 0 Å². The molecular formula is C15H17NOS. The van der Waals surface area contributed by atoms with Crippen molar-refractivity contribution in [1.82, 2.24) is 4.57 Å². The molecule has 3 heteroatoms. The highest BCUT2D eigenvalue weighted by Crippen LogP contribution is 2.25. The molecule has 0 fully saturated rings. The minimum atomic E-state index is 0.130. The number of hydrogen-bond donors (Lipinski definition) is 1. The molecule has 2 aromatic rings. The van der Waals surface area contributed by atoms with Crippen molar-refractivity contribution in [3.8, 4) is 11.3 Å². The number of aliphatic hydroxyl groups is 1. The molecule has 0 unspecified atom stereocenters. The number of nitrogens with zero attached hydrogens (tertiary/aromatic N) is 1. The monoisotopic (exact) mass is 259 g/mol. The third kappa shape index (κ3) is 2.52. The molecule has 0 amide bonds. The summed E-state index contributed by atoms with van der Waals surface area (Å²) in [5.74, 6) is 0. The lowest BCUT2D eigenvalue weighted by Crippen LogP contribution is -2.05. The van der Waals surface area contributed by atoms with Crippen molar-refractivity contribution in [2.45, 2.75) is 11.4 Å². The van der Waals surface area contributed by atoms with Crippen LogP contribution < -0.4 is 0 Å². The van der Waals surface area contributed by atoms with Crippen LogP contribution in [0.5, 0.6) is 0 Å². The standard InChI is InChI=1S/C15H17NOS/c1-3-13-6-9-15(16(13)10-11-17)12-4-7-14(18-2)8-5-12/h3-9,17H,1,10-11H2,2H3. The van der Waals surface area contributed by atoms with E-state index in [9.17, 15) is 0 Å². The van der Waals surface area contributed by atoms with Gasteiger partial charge in [0, 0.05) is 22.8 Å². The molecule has 1 aromatic heterocycles. The summed E-state index contributed by atoms with van der Waals surface area (Å²) in [4.78, 5) is 1.25. The van der Waals surface area contributed by atoms with Crippen LogP contribution in [-0.4, -0.2) is 22.5 Å². The Kier molecular flexibility index (Phi) is 4.28. The van der Waals surface area contributed by atoms with Crippen LogP contribution in [0, 0.1) is 0 Å². The van der Waals surface area contributed by atoms with E-state index < -0.39 is 0 Å². The quantitative estimate of drug-likeness (QED) is 0.831. The van der Waals surface area contributed by atoms with Gasteiger partial charge in [-0.3, -0.25) is 0 Å². The van der Waals surface area contributed by atoms with E-state index in [2.05, 4.69) is 47.7 Å². The van der Waals surface area contributed by atoms with Gasteiger partial charge in [-0.1, -0.05) is 18.7 Å². The Balaban J connectivity index is 2.42. The van der Waals surface area contributed by atoms with Gasteiger partial charge in [0.1, 0.15) is 0 Å². The van der Waals surface area contributed by atoms with E-state index in [0.717, 1.165) is 17.0 Å². The molecule has 0 atom stereocenters. The van der Waals surface area contributed by atoms with E-state index in [-0.39, 0.29) is 6.61 Å². The van der Waals surface area contributed by atoms with Gasteiger partial charge in [0.25, 0.3) is 0 Å². The maximum atomic E-state index is 9.15. The summed E-state index contributed by atoms with van der Waals surface area (Å²) >= 11 is 1.73. The summed E-state index contributed by atoms with van der Waals surface area (Å²) in [5.41, 5.74) is 3.31. The van der Waals surface area contributed by atoms with Crippen LogP contribution in [0.15, 0.2) is 47.9 Å². The minimum absolute atomic E-state index is 0.130. The first-order chi connectivity index (χ1) is 8.80. The van der Waals surface area contributed by atoms with Crippen molar-refractivity contribution in [2.24, 2.45) is 0 Å². The van der Waals surface area contributed by atoms with Crippen molar-refractivity contribution in [3.63, 3.8) is 0 Å². The zero-order valence-corrected chi connectivity index (χ0v) is 11.3. The molecule has 0 aliphatic carbocycles. The maximum absolute atomic E-state index is 9.15. The second-order valence-corrected chi connectivity index (χ2v) is 4.83. The Morgan fingerprint density at radius 3 is 2.50 bits per heavy atom. The molecule has 0 bridgehead atoms. The van der Waals surface area contributed by atoms with Crippen LogP contribution in [0.25, 0.3) is 17.3 Å². The molecule has 0 aliphatic heterocycles. The molecule has 0 radical (unpaired) electrons. The van der Waals surface area contributed by atoms with Crippen molar-refractivity contribution >= 4 is 17.8 Å². The lowest BCUT2D eigenvalue weighted by molar-refractivity contribution is 0.276. The van der Waals surface area contributed by atoms with Gasteiger partial charge in [-0.25, -0.2) is 0 Å². The normalized spacial score (nSPS) is 10.6. The topological polar surface area (TPSA) is 25.2 Å². The molecule has 0 aliphatic rings. The zero-order chi connectivity index (χ0) is 13.0. The predicted molar refractivity (Wildman–Crippen MR) is 78.8 cm³/mol. The van der Waals surface area contributed by atoms with Crippen molar-refractivity contribution < 1.29 is 5.11 Å². The molecule has 94 valence electrons. The first kappa shape index (κ1) is 13.0. The third-order valence-corrected chi connectivity index (χ3v) is 3.68. The van der Waals surface area contributed by atoms with Gasteiger partial charge < -0.3 is 9.67 Å². The fraction of sp³-hybridized carbons (Fsp3) is 0.200. The fourth-order valence-corrected chi connectivity index (χ4v) is 2.43. The van der Waals surface area contributed by atoms with Gasteiger partial charge in [0.2, 0.25) is 0 Å². The Bertz CT molecular complexity index is 528. The minimum Gasteiger partial charge on any atom is -0.395 e. The summed E-state index contributed by atoms with van der Waals surface area (Å²) in [6.07, 6.45) is 3.88. The number of aromatic nitrogens is 1. The summed E-state index contributed by atoms with van der Waals surface area (Å²) in [5, 5.41) is 9.15. The van der Waals surface area contributed by atoms with E-state index in [1.54, 1.807) is 11.8 Å². The van der Waals surface area contributed by atoms with Crippen LogP contribution in [0.2, 0.25) is 0 Å². The first-order valence-electron chi connectivity index (χ1n) is 5.87. The van der Waals surface area contributed by atoms with Crippen LogP contribution >= 0.6 is 11.8 Å². The average Bonchev–Trinajstić information content (AvgIpc) is 2.82. The second kappa shape index (κ2) is 5.94. The van der Waals surface area contributed by atoms with E-state index in [4.69, 9.17) is 5.11 Å². The van der Waals surface area contributed by atoms with E-state index in [1.165, 1.54) is 4.90 Å². The Hall–Kier alpha value is -1.45. The lowest BCUT2D eigenvalue weighted by atomic mass is 10.1. The number of hydrogen-bond acceptors (Lipinski definition) is 2.